The van der Waals surface area contributed by atoms with Crippen molar-refractivity contribution >= 4 is 59.0 Å². The molecule has 4 rings (SSSR count). The van der Waals surface area contributed by atoms with Crippen molar-refractivity contribution in [2.24, 2.45) is 0 Å². The fraction of sp³-hybridized carbons (Fsp3) is 0.455. The van der Waals surface area contributed by atoms with Crippen LogP contribution in [-0.2, 0) is 46.4 Å². The molecule has 0 saturated carbocycles. The Bertz CT molecular complexity index is 1930. The number of carbonyl (C=O) groups excluding carboxylic acids is 6. The van der Waals surface area contributed by atoms with Crippen molar-refractivity contribution in [3.63, 3.8) is 0 Å². The Morgan fingerprint density at radius 3 is 2.14 bits per heavy atom. The molecule has 0 aliphatic carbocycles. The van der Waals surface area contributed by atoms with Gasteiger partial charge < -0.3 is 35.1 Å². The molecule has 1 fully saturated rings. The number of hydrogen-bond acceptors (Lipinski definition) is 9. The third-order valence-corrected chi connectivity index (χ3v) is 10.5. The van der Waals surface area contributed by atoms with Gasteiger partial charge in [-0.1, -0.05) is 84.7 Å². The van der Waals surface area contributed by atoms with E-state index in [0.717, 1.165) is 5.56 Å². The van der Waals surface area contributed by atoms with E-state index in [1.165, 1.54) is 11.8 Å². The molecule has 1 aliphatic heterocycles. The normalized spacial score (nSPS) is 15.8. The quantitative estimate of drug-likeness (QED) is 0.0696. The van der Waals surface area contributed by atoms with Crippen LogP contribution in [0.4, 0.5) is 4.79 Å². The van der Waals surface area contributed by atoms with Gasteiger partial charge >= 0.3 is 18.0 Å². The summed E-state index contributed by atoms with van der Waals surface area (Å²) in [5, 5.41) is 8.84. The van der Waals surface area contributed by atoms with Crippen LogP contribution in [0.5, 0.6) is 0 Å². The number of benzene rings is 3. The molecule has 3 aromatic rings. The fourth-order valence-corrected chi connectivity index (χ4v) is 6.70. The van der Waals surface area contributed by atoms with Gasteiger partial charge in [-0.2, -0.15) is 0 Å². The van der Waals surface area contributed by atoms with Crippen molar-refractivity contribution in [3.05, 3.63) is 106 Å². The van der Waals surface area contributed by atoms with E-state index in [1.807, 2.05) is 30.3 Å². The summed E-state index contributed by atoms with van der Waals surface area (Å²) in [4.78, 5) is 82.6. The molecule has 15 heteroatoms. The van der Waals surface area contributed by atoms with E-state index >= 15 is 0 Å². The molecular formula is C44H54Cl2N4O9. The second kappa shape index (κ2) is 21.7. The van der Waals surface area contributed by atoms with Crippen molar-refractivity contribution in [3.8, 4) is 0 Å². The topological polar surface area (TPSA) is 169 Å². The summed E-state index contributed by atoms with van der Waals surface area (Å²) in [6.07, 6.45) is 1.09. The Morgan fingerprint density at radius 1 is 0.814 bits per heavy atom. The summed E-state index contributed by atoms with van der Waals surface area (Å²) in [7, 11) is 0. The molecule has 3 N–H and O–H groups in total. The predicted molar refractivity (Wildman–Crippen MR) is 224 cm³/mol. The lowest BCUT2D eigenvalue weighted by molar-refractivity contribution is -0.155. The monoisotopic (exact) mass is 852 g/mol. The Balaban J connectivity index is 1.49. The highest BCUT2D eigenvalue weighted by Crippen LogP contribution is 2.26. The zero-order valence-electron chi connectivity index (χ0n) is 34.2. The van der Waals surface area contributed by atoms with Gasteiger partial charge in [-0.25, -0.2) is 14.4 Å². The first-order valence-electron chi connectivity index (χ1n) is 19.8. The summed E-state index contributed by atoms with van der Waals surface area (Å²) in [5.74, 6) is -2.87. The standard InChI is InChI=1S/C44H54Cl2N4O9/c1-6-44(5,49-37(51)34(48-42(56)59-43(2,3)4)20-13-14-25-57-39(53)31-18-11-8-12-19-31)41(55)47-35(27-30-22-23-32(45)33(46)26-30)38(52)50-24-15-21-36(50)40(54)58-28-29-16-9-7-10-17-29/h7-12,16-19,22-23,26,34-36H,6,13-15,20-21,24-25,27-28H2,1-5H3,(H,47,55)(H,48,56)(H,49,51)/t34-,35?,36+,44-/m0/s1. The molecule has 0 aromatic heterocycles. The number of halogens is 2. The Hall–Kier alpha value is -5.14. The molecule has 4 amide bonds. The lowest BCUT2D eigenvalue weighted by Crippen LogP contribution is -2.63. The van der Waals surface area contributed by atoms with Gasteiger partial charge in [0.25, 0.3) is 0 Å². The number of amides is 4. The van der Waals surface area contributed by atoms with Crippen LogP contribution in [0, 0.1) is 0 Å². The molecule has 1 aliphatic rings. The van der Waals surface area contributed by atoms with E-state index in [4.69, 9.17) is 37.4 Å². The van der Waals surface area contributed by atoms with Crippen molar-refractivity contribution in [1.82, 2.24) is 20.9 Å². The number of nitrogens with zero attached hydrogens (tertiary/aromatic N) is 1. The fourth-order valence-electron chi connectivity index (χ4n) is 6.38. The van der Waals surface area contributed by atoms with Crippen LogP contribution in [0.25, 0.3) is 0 Å². The van der Waals surface area contributed by atoms with E-state index in [9.17, 15) is 28.8 Å². The number of carbonyl (C=O) groups is 6. The molecule has 13 nitrogen and oxygen atoms in total. The second-order valence-electron chi connectivity index (χ2n) is 15.6. The SMILES string of the molecule is CC[C@](C)(NC(=O)[C@H](CCCCOC(=O)c1ccccc1)NC(=O)OC(C)(C)C)C(=O)NC(Cc1ccc(Cl)c(Cl)c1)C(=O)N1CCC[C@@H]1C(=O)OCc1ccccc1. The smallest absolute Gasteiger partial charge is 0.408 e. The summed E-state index contributed by atoms with van der Waals surface area (Å²) in [6, 6.07) is 19.4. The molecule has 0 spiro atoms. The molecule has 318 valence electrons. The molecular weight excluding hydrogens is 799 g/mol. The van der Waals surface area contributed by atoms with Crippen molar-refractivity contribution in [2.45, 2.75) is 115 Å². The van der Waals surface area contributed by atoms with Crippen molar-refractivity contribution < 1.29 is 43.0 Å². The van der Waals surface area contributed by atoms with E-state index < -0.39 is 65.0 Å². The predicted octanol–water partition coefficient (Wildman–Crippen LogP) is 6.96. The van der Waals surface area contributed by atoms with E-state index in [2.05, 4.69) is 16.0 Å². The number of esters is 2. The lowest BCUT2D eigenvalue weighted by atomic mass is 9.94. The number of nitrogens with one attached hydrogen (secondary N) is 3. The summed E-state index contributed by atoms with van der Waals surface area (Å²) < 4.78 is 16.4. The van der Waals surface area contributed by atoms with E-state index in [1.54, 1.807) is 76.2 Å². The van der Waals surface area contributed by atoms with Crippen LogP contribution >= 0.6 is 23.2 Å². The van der Waals surface area contributed by atoms with Gasteiger partial charge in [0.1, 0.15) is 35.9 Å². The summed E-state index contributed by atoms with van der Waals surface area (Å²) in [6.45, 7) is 8.68. The molecule has 1 heterocycles. The minimum Gasteiger partial charge on any atom is -0.462 e. The number of unbranched alkanes of at least 4 members (excludes halogenated alkanes) is 1. The third-order valence-electron chi connectivity index (χ3n) is 9.80. The van der Waals surface area contributed by atoms with Crippen LogP contribution in [0.15, 0.2) is 78.9 Å². The van der Waals surface area contributed by atoms with Crippen LogP contribution in [0.3, 0.4) is 0 Å². The van der Waals surface area contributed by atoms with Crippen molar-refractivity contribution in [2.75, 3.05) is 13.2 Å². The lowest BCUT2D eigenvalue weighted by Gasteiger charge is -2.34. The first kappa shape index (κ1) is 46.5. The zero-order valence-corrected chi connectivity index (χ0v) is 35.7. The number of rotatable bonds is 18. The van der Waals surface area contributed by atoms with Gasteiger partial charge in [0.15, 0.2) is 0 Å². The summed E-state index contributed by atoms with van der Waals surface area (Å²) in [5.41, 5.74) is -0.604. The van der Waals surface area contributed by atoms with Gasteiger partial charge in [0, 0.05) is 13.0 Å². The summed E-state index contributed by atoms with van der Waals surface area (Å²) >= 11 is 12.5. The Labute approximate surface area is 355 Å². The van der Waals surface area contributed by atoms with Gasteiger partial charge in [-0.05, 0) is 102 Å². The highest BCUT2D eigenvalue weighted by Gasteiger charge is 2.42. The average Bonchev–Trinajstić information content (AvgIpc) is 3.70. The first-order chi connectivity index (χ1) is 28.0. The average molecular weight is 854 g/mol. The molecule has 3 aromatic carbocycles. The van der Waals surface area contributed by atoms with Gasteiger partial charge in [0.05, 0.1) is 22.2 Å². The van der Waals surface area contributed by atoms with E-state index in [-0.39, 0.29) is 44.0 Å². The van der Waals surface area contributed by atoms with Gasteiger partial charge in [-0.15, -0.1) is 0 Å². The molecule has 0 bridgehead atoms. The number of hydrogen-bond donors (Lipinski definition) is 3. The molecule has 1 saturated heterocycles. The first-order valence-corrected chi connectivity index (χ1v) is 20.5. The number of ether oxygens (including phenoxy) is 3. The molecule has 0 radical (unpaired) electrons. The molecule has 4 atom stereocenters. The highest BCUT2D eigenvalue weighted by molar-refractivity contribution is 6.42. The largest absolute Gasteiger partial charge is 0.462 e. The van der Waals surface area contributed by atoms with Crippen LogP contribution < -0.4 is 16.0 Å². The van der Waals surface area contributed by atoms with Gasteiger partial charge in [-0.3, -0.25) is 14.4 Å². The number of alkyl carbamates (subject to hydrolysis) is 1. The maximum absolute atomic E-state index is 14.4. The maximum atomic E-state index is 14.4. The van der Waals surface area contributed by atoms with Crippen LogP contribution in [0.2, 0.25) is 10.0 Å². The van der Waals surface area contributed by atoms with Crippen LogP contribution in [-0.4, -0.2) is 83.1 Å². The minimum atomic E-state index is -1.56. The second-order valence-corrected chi connectivity index (χ2v) is 16.4. The van der Waals surface area contributed by atoms with Crippen molar-refractivity contribution in [1.29, 1.82) is 0 Å². The molecule has 1 unspecified atom stereocenters. The van der Waals surface area contributed by atoms with Crippen LogP contribution in [0.1, 0.15) is 94.6 Å². The third kappa shape index (κ3) is 14.3. The minimum absolute atomic E-state index is 0.00480. The number of likely N-dealkylation sites (tertiary alicyclic amines) is 1. The molecule has 59 heavy (non-hydrogen) atoms. The van der Waals surface area contributed by atoms with Gasteiger partial charge in [0.2, 0.25) is 17.7 Å². The Kier molecular flexibility index (Phi) is 17.2. The highest BCUT2D eigenvalue weighted by atomic mass is 35.5. The Morgan fingerprint density at radius 2 is 1.49 bits per heavy atom. The maximum Gasteiger partial charge on any atom is 0.408 e. The van der Waals surface area contributed by atoms with E-state index in [0.29, 0.717) is 41.8 Å². The zero-order chi connectivity index (χ0) is 43.2.